The summed E-state index contributed by atoms with van der Waals surface area (Å²) in [4.78, 5) is 38.0. The molecule has 3 rings (SSSR count). The van der Waals surface area contributed by atoms with Gasteiger partial charge in [-0.2, -0.15) is 0 Å². The SMILES string of the molecule is CCc1ccc(-n2c(C)cc(/C=C3/SC(=O)N([C@@H](C)C(=O)OC)C3=O)c2C)cc1. The van der Waals surface area contributed by atoms with Crippen LogP contribution in [0.1, 0.15) is 36.4 Å². The van der Waals surface area contributed by atoms with Gasteiger partial charge in [-0.1, -0.05) is 19.1 Å². The van der Waals surface area contributed by atoms with E-state index in [1.807, 2.05) is 19.9 Å². The highest BCUT2D eigenvalue weighted by Gasteiger charge is 2.41. The van der Waals surface area contributed by atoms with Crippen molar-refractivity contribution in [1.82, 2.24) is 9.47 Å². The van der Waals surface area contributed by atoms with Crippen molar-refractivity contribution in [1.29, 1.82) is 0 Å². The van der Waals surface area contributed by atoms with Crippen LogP contribution in [0.15, 0.2) is 35.2 Å². The van der Waals surface area contributed by atoms with Crippen molar-refractivity contribution in [3.8, 4) is 5.69 Å². The number of esters is 1. The van der Waals surface area contributed by atoms with Crippen molar-refractivity contribution in [3.05, 3.63) is 57.8 Å². The smallest absolute Gasteiger partial charge is 0.328 e. The van der Waals surface area contributed by atoms with Crippen LogP contribution in [-0.2, 0) is 20.7 Å². The first-order valence-corrected chi connectivity index (χ1v) is 10.2. The Kier molecular flexibility index (Phi) is 5.98. The molecule has 1 aromatic heterocycles. The van der Waals surface area contributed by atoms with E-state index in [0.717, 1.165) is 45.7 Å². The summed E-state index contributed by atoms with van der Waals surface area (Å²) in [6.07, 6.45) is 2.70. The third-order valence-electron chi connectivity index (χ3n) is 5.11. The van der Waals surface area contributed by atoms with E-state index in [-0.39, 0.29) is 0 Å². The zero-order valence-corrected chi connectivity index (χ0v) is 18.0. The Morgan fingerprint density at radius 1 is 1.21 bits per heavy atom. The highest BCUT2D eigenvalue weighted by atomic mass is 32.2. The summed E-state index contributed by atoms with van der Waals surface area (Å²) in [5, 5.41) is -0.469. The van der Waals surface area contributed by atoms with Gasteiger partial charge in [0.2, 0.25) is 0 Å². The van der Waals surface area contributed by atoms with Crippen molar-refractivity contribution < 1.29 is 19.1 Å². The van der Waals surface area contributed by atoms with E-state index in [9.17, 15) is 14.4 Å². The molecule has 2 heterocycles. The molecule has 1 aliphatic heterocycles. The molecule has 2 aromatic rings. The van der Waals surface area contributed by atoms with E-state index in [1.54, 1.807) is 6.08 Å². The monoisotopic (exact) mass is 412 g/mol. The van der Waals surface area contributed by atoms with E-state index >= 15 is 0 Å². The number of imide groups is 1. The van der Waals surface area contributed by atoms with E-state index in [2.05, 4.69) is 40.5 Å². The third-order valence-corrected chi connectivity index (χ3v) is 6.00. The Labute approximate surface area is 174 Å². The van der Waals surface area contributed by atoms with Crippen molar-refractivity contribution in [2.24, 2.45) is 0 Å². The molecule has 0 saturated carbocycles. The second kappa shape index (κ2) is 8.29. The van der Waals surface area contributed by atoms with E-state index in [0.29, 0.717) is 4.91 Å². The molecule has 1 fully saturated rings. The zero-order chi connectivity index (χ0) is 21.3. The summed E-state index contributed by atoms with van der Waals surface area (Å²) < 4.78 is 6.78. The Balaban J connectivity index is 1.94. The Bertz CT molecular complexity index is 1000. The van der Waals surface area contributed by atoms with Gasteiger partial charge in [0.15, 0.2) is 0 Å². The van der Waals surface area contributed by atoms with Crippen LogP contribution in [0.25, 0.3) is 11.8 Å². The fourth-order valence-corrected chi connectivity index (χ4v) is 4.34. The number of hydrogen-bond donors (Lipinski definition) is 0. The van der Waals surface area contributed by atoms with Gasteiger partial charge in [-0.25, -0.2) is 4.79 Å². The van der Waals surface area contributed by atoms with Crippen molar-refractivity contribution in [2.45, 2.75) is 40.2 Å². The van der Waals surface area contributed by atoms with E-state index < -0.39 is 23.2 Å². The van der Waals surface area contributed by atoms with Gasteiger partial charge < -0.3 is 9.30 Å². The number of ether oxygens (including phenoxy) is 1. The number of rotatable bonds is 5. The quantitative estimate of drug-likeness (QED) is 0.542. The largest absolute Gasteiger partial charge is 0.467 e. The van der Waals surface area contributed by atoms with Crippen LogP contribution in [0.4, 0.5) is 4.79 Å². The first kappa shape index (κ1) is 20.9. The van der Waals surface area contributed by atoms with Gasteiger partial charge in [0.25, 0.3) is 11.1 Å². The molecule has 1 aliphatic rings. The molecule has 6 nitrogen and oxygen atoms in total. The number of aryl methyl sites for hydroxylation is 2. The number of benzene rings is 1. The minimum Gasteiger partial charge on any atom is -0.467 e. The topological polar surface area (TPSA) is 68.6 Å². The lowest BCUT2D eigenvalue weighted by atomic mass is 10.1. The van der Waals surface area contributed by atoms with Gasteiger partial charge in [0.05, 0.1) is 12.0 Å². The van der Waals surface area contributed by atoms with Crippen LogP contribution in [0, 0.1) is 13.8 Å². The molecular formula is C22H24N2O4S. The Morgan fingerprint density at radius 3 is 2.45 bits per heavy atom. The molecule has 7 heteroatoms. The van der Waals surface area contributed by atoms with Crippen LogP contribution in [0.5, 0.6) is 0 Å². The molecule has 0 bridgehead atoms. The van der Waals surface area contributed by atoms with Crippen LogP contribution in [0.2, 0.25) is 0 Å². The third kappa shape index (κ3) is 3.87. The average molecular weight is 413 g/mol. The number of hydrogen-bond acceptors (Lipinski definition) is 5. The van der Waals surface area contributed by atoms with Gasteiger partial charge >= 0.3 is 5.97 Å². The van der Waals surface area contributed by atoms with E-state index in [1.165, 1.54) is 19.6 Å². The molecular weight excluding hydrogens is 388 g/mol. The van der Waals surface area contributed by atoms with Crippen molar-refractivity contribution >= 4 is 35.0 Å². The van der Waals surface area contributed by atoms with Crippen LogP contribution >= 0.6 is 11.8 Å². The number of thioether (sulfide) groups is 1. The first-order valence-electron chi connectivity index (χ1n) is 9.41. The zero-order valence-electron chi connectivity index (χ0n) is 17.2. The van der Waals surface area contributed by atoms with Crippen molar-refractivity contribution in [2.75, 3.05) is 7.11 Å². The lowest BCUT2D eigenvalue weighted by molar-refractivity contribution is -0.148. The normalized spacial score (nSPS) is 16.6. The molecule has 0 aliphatic carbocycles. The fraction of sp³-hybridized carbons (Fsp3) is 0.318. The molecule has 1 atom stereocenters. The fourth-order valence-electron chi connectivity index (χ4n) is 3.44. The standard InChI is InChI=1S/C22H24N2O4S/c1-6-16-7-9-18(10-8-16)23-13(2)11-17(14(23)3)12-19-20(25)24(22(27)29-19)15(4)21(26)28-5/h7-12,15H,6H2,1-5H3/b19-12+/t15-/m0/s1. The number of aromatic nitrogens is 1. The Morgan fingerprint density at radius 2 is 1.86 bits per heavy atom. The van der Waals surface area contributed by atoms with Crippen LogP contribution < -0.4 is 0 Å². The number of carbonyl (C=O) groups excluding carboxylic acids is 3. The van der Waals surface area contributed by atoms with Gasteiger partial charge in [-0.3, -0.25) is 14.5 Å². The molecule has 152 valence electrons. The molecule has 0 spiro atoms. The second-order valence-electron chi connectivity index (χ2n) is 6.93. The lowest BCUT2D eigenvalue weighted by Gasteiger charge is -2.18. The summed E-state index contributed by atoms with van der Waals surface area (Å²) in [6.45, 7) is 7.58. The maximum Gasteiger partial charge on any atom is 0.328 e. The minimum absolute atomic E-state index is 0.298. The molecule has 0 radical (unpaired) electrons. The van der Waals surface area contributed by atoms with Gasteiger partial charge in [0, 0.05) is 17.1 Å². The number of nitrogens with zero attached hydrogens (tertiary/aromatic N) is 2. The highest BCUT2D eigenvalue weighted by Crippen LogP contribution is 2.35. The molecule has 1 saturated heterocycles. The summed E-state index contributed by atoms with van der Waals surface area (Å²) in [5.41, 5.74) is 5.17. The van der Waals surface area contributed by atoms with Crippen LogP contribution in [-0.4, -0.2) is 39.7 Å². The average Bonchev–Trinajstić information content (AvgIpc) is 3.15. The van der Waals surface area contributed by atoms with E-state index in [4.69, 9.17) is 0 Å². The predicted octanol–water partition coefficient (Wildman–Crippen LogP) is 4.25. The number of amides is 2. The summed E-state index contributed by atoms with van der Waals surface area (Å²) in [5.74, 6) is -1.10. The lowest BCUT2D eigenvalue weighted by Crippen LogP contribution is -2.42. The predicted molar refractivity (Wildman–Crippen MR) is 114 cm³/mol. The number of carbonyl (C=O) groups is 3. The van der Waals surface area contributed by atoms with Gasteiger partial charge in [-0.05, 0) is 74.4 Å². The molecule has 2 amide bonds. The number of methoxy groups -OCH3 is 1. The summed E-state index contributed by atoms with van der Waals surface area (Å²) in [6, 6.07) is 9.40. The van der Waals surface area contributed by atoms with Crippen molar-refractivity contribution in [3.63, 3.8) is 0 Å². The maximum absolute atomic E-state index is 12.7. The first-order chi connectivity index (χ1) is 13.8. The van der Waals surface area contributed by atoms with Crippen LogP contribution in [0.3, 0.4) is 0 Å². The Hall–Kier alpha value is -2.80. The minimum atomic E-state index is -0.956. The van der Waals surface area contributed by atoms with Gasteiger partial charge in [0.1, 0.15) is 6.04 Å². The summed E-state index contributed by atoms with van der Waals surface area (Å²) in [7, 11) is 1.23. The molecule has 0 N–H and O–H groups in total. The second-order valence-corrected chi connectivity index (χ2v) is 7.93. The highest BCUT2D eigenvalue weighted by molar-refractivity contribution is 8.18. The van der Waals surface area contributed by atoms with Gasteiger partial charge in [-0.15, -0.1) is 0 Å². The maximum atomic E-state index is 12.7. The molecule has 29 heavy (non-hydrogen) atoms. The summed E-state index contributed by atoms with van der Waals surface area (Å²) >= 11 is 0.839. The molecule has 1 aromatic carbocycles. The molecule has 0 unspecified atom stereocenters.